The van der Waals surface area contributed by atoms with Gasteiger partial charge in [0.05, 0.1) is 17.3 Å². The van der Waals surface area contributed by atoms with Gasteiger partial charge in [0, 0.05) is 5.39 Å². The highest BCUT2D eigenvalue weighted by molar-refractivity contribution is 5.97. The SMILES string of the molecule is C=CCC(C)(Cc1ccccc1)C(=O)Nc1cnc2c(F)cccc2c1. The second kappa shape index (κ2) is 7.48. The molecular formula is C22H21FN2O. The second-order valence-corrected chi connectivity index (χ2v) is 6.71. The molecule has 1 heterocycles. The van der Waals surface area contributed by atoms with Crippen LogP contribution in [-0.4, -0.2) is 10.9 Å². The minimum atomic E-state index is -0.639. The molecule has 0 bridgehead atoms. The molecule has 1 atom stereocenters. The molecule has 1 aromatic heterocycles. The van der Waals surface area contributed by atoms with Gasteiger partial charge in [-0.1, -0.05) is 55.5 Å². The second-order valence-electron chi connectivity index (χ2n) is 6.71. The van der Waals surface area contributed by atoms with E-state index in [1.807, 2.05) is 37.3 Å². The highest BCUT2D eigenvalue weighted by atomic mass is 19.1. The van der Waals surface area contributed by atoms with Gasteiger partial charge in [0.25, 0.3) is 0 Å². The van der Waals surface area contributed by atoms with Crippen LogP contribution < -0.4 is 5.32 Å². The zero-order valence-electron chi connectivity index (χ0n) is 14.7. The molecule has 0 saturated heterocycles. The number of aromatic nitrogens is 1. The topological polar surface area (TPSA) is 42.0 Å². The predicted octanol–water partition coefficient (Wildman–Crippen LogP) is 5.14. The maximum atomic E-state index is 13.8. The molecule has 3 rings (SSSR count). The van der Waals surface area contributed by atoms with Crippen LogP contribution in [0.2, 0.25) is 0 Å². The van der Waals surface area contributed by atoms with Crippen LogP contribution in [-0.2, 0) is 11.2 Å². The molecule has 3 aromatic rings. The minimum Gasteiger partial charge on any atom is -0.324 e. The van der Waals surface area contributed by atoms with Gasteiger partial charge in [-0.05, 0) is 30.5 Å². The summed E-state index contributed by atoms with van der Waals surface area (Å²) in [6.45, 7) is 5.72. The molecule has 3 nitrogen and oxygen atoms in total. The number of carbonyl (C=O) groups excluding carboxylic acids is 1. The number of amides is 1. The molecule has 0 aliphatic rings. The van der Waals surface area contributed by atoms with Gasteiger partial charge < -0.3 is 5.32 Å². The maximum absolute atomic E-state index is 13.8. The number of pyridine rings is 1. The van der Waals surface area contributed by atoms with Crippen LogP contribution in [0.15, 0.2) is 73.4 Å². The summed E-state index contributed by atoms with van der Waals surface area (Å²) in [7, 11) is 0. The first kappa shape index (κ1) is 17.8. The smallest absolute Gasteiger partial charge is 0.231 e. The van der Waals surface area contributed by atoms with Crippen molar-refractivity contribution < 1.29 is 9.18 Å². The number of rotatable bonds is 6. The Morgan fingerprint density at radius 3 is 2.73 bits per heavy atom. The number of para-hydroxylation sites is 1. The molecule has 0 saturated carbocycles. The van der Waals surface area contributed by atoms with Crippen molar-refractivity contribution in [2.24, 2.45) is 5.41 Å². The van der Waals surface area contributed by atoms with E-state index in [1.54, 1.807) is 24.3 Å². The van der Waals surface area contributed by atoms with E-state index in [4.69, 9.17) is 0 Å². The van der Waals surface area contributed by atoms with Crippen LogP contribution in [0.1, 0.15) is 18.9 Å². The molecule has 132 valence electrons. The molecule has 2 aromatic carbocycles. The van der Waals surface area contributed by atoms with Gasteiger partial charge in [-0.25, -0.2) is 4.39 Å². The third kappa shape index (κ3) is 3.80. The number of benzene rings is 2. The number of hydrogen-bond acceptors (Lipinski definition) is 2. The molecular weight excluding hydrogens is 327 g/mol. The summed E-state index contributed by atoms with van der Waals surface area (Å²) >= 11 is 0. The Hall–Kier alpha value is -3.01. The zero-order valence-corrected chi connectivity index (χ0v) is 14.7. The zero-order chi connectivity index (χ0) is 18.6. The first-order valence-electron chi connectivity index (χ1n) is 8.52. The van der Waals surface area contributed by atoms with Crippen molar-refractivity contribution in [3.63, 3.8) is 0 Å². The summed E-state index contributed by atoms with van der Waals surface area (Å²) in [5.74, 6) is -0.486. The average Bonchev–Trinajstić information content (AvgIpc) is 2.63. The van der Waals surface area contributed by atoms with Gasteiger partial charge in [0.1, 0.15) is 11.3 Å². The number of fused-ring (bicyclic) bond motifs is 1. The number of anilines is 1. The molecule has 0 radical (unpaired) electrons. The molecule has 0 aliphatic carbocycles. The Morgan fingerprint density at radius 1 is 1.23 bits per heavy atom. The van der Waals surface area contributed by atoms with Gasteiger partial charge in [-0.15, -0.1) is 6.58 Å². The third-order valence-electron chi connectivity index (χ3n) is 4.50. The monoisotopic (exact) mass is 348 g/mol. The Morgan fingerprint density at radius 2 is 2.00 bits per heavy atom. The lowest BCUT2D eigenvalue weighted by molar-refractivity contribution is -0.124. The van der Waals surface area contributed by atoms with Gasteiger partial charge in [-0.2, -0.15) is 0 Å². The number of nitrogens with zero attached hydrogens (tertiary/aromatic N) is 1. The van der Waals surface area contributed by atoms with Crippen molar-refractivity contribution in [1.82, 2.24) is 4.98 Å². The molecule has 1 amide bonds. The Labute approximate surface area is 152 Å². The van der Waals surface area contributed by atoms with Crippen molar-refractivity contribution >= 4 is 22.5 Å². The van der Waals surface area contributed by atoms with E-state index in [9.17, 15) is 9.18 Å². The average molecular weight is 348 g/mol. The summed E-state index contributed by atoms with van der Waals surface area (Å²) in [5.41, 5.74) is 1.30. The molecule has 0 spiro atoms. The van der Waals surface area contributed by atoms with E-state index in [0.717, 1.165) is 5.56 Å². The lowest BCUT2D eigenvalue weighted by Crippen LogP contribution is -2.35. The fourth-order valence-electron chi connectivity index (χ4n) is 3.08. The van der Waals surface area contributed by atoms with E-state index in [-0.39, 0.29) is 11.7 Å². The molecule has 4 heteroatoms. The van der Waals surface area contributed by atoms with E-state index in [0.29, 0.717) is 29.4 Å². The number of halogens is 1. The highest BCUT2D eigenvalue weighted by Crippen LogP contribution is 2.29. The van der Waals surface area contributed by atoms with Gasteiger partial charge >= 0.3 is 0 Å². The van der Waals surface area contributed by atoms with Crippen LogP contribution in [0.5, 0.6) is 0 Å². The van der Waals surface area contributed by atoms with E-state index < -0.39 is 5.41 Å². The Kier molecular flexibility index (Phi) is 5.12. The molecule has 1 unspecified atom stereocenters. The van der Waals surface area contributed by atoms with Crippen molar-refractivity contribution in [3.8, 4) is 0 Å². The summed E-state index contributed by atoms with van der Waals surface area (Å²) < 4.78 is 13.8. The standard InChI is InChI=1S/C22H21FN2O/c1-3-12-22(2,14-16-8-5-4-6-9-16)21(26)25-18-13-17-10-7-11-19(23)20(17)24-15-18/h3-11,13,15H,1,12,14H2,2H3,(H,25,26). The van der Waals surface area contributed by atoms with E-state index in [2.05, 4.69) is 16.9 Å². The summed E-state index contributed by atoms with van der Waals surface area (Å²) in [6, 6.07) is 16.4. The number of allylic oxidation sites excluding steroid dienone is 1. The predicted molar refractivity (Wildman–Crippen MR) is 103 cm³/mol. The number of carbonyl (C=O) groups is 1. The van der Waals surface area contributed by atoms with Crippen LogP contribution in [0.3, 0.4) is 0 Å². The van der Waals surface area contributed by atoms with Gasteiger partial charge in [-0.3, -0.25) is 9.78 Å². The first-order valence-corrected chi connectivity index (χ1v) is 8.52. The summed E-state index contributed by atoms with van der Waals surface area (Å²) in [4.78, 5) is 17.1. The summed E-state index contributed by atoms with van der Waals surface area (Å²) in [6.07, 6.45) is 4.39. The van der Waals surface area contributed by atoms with Crippen LogP contribution in [0.25, 0.3) is 10.9 Å². The van der Waals surface area contributed by atoms with Crippen LogP contribution in [0, 0.1) is 11.2 Å². The fourth-order valence-corrected chi connectivity index (χ4v) is 3.08. The highest BCUT2D eigenvalue weighted by Gasteiger charge is 2.32. The number of hydrogen-bond donors (Lipinski definition) is 1. The fraction of sp³-hybridized carbons (Fsp3) is 0.182. The van der Waals surface area contributed by atoms with Crippen molar-refractivity contribution in [2.45, 2.75) is 19.8 Å². The quantitative estimate of drug-likeness (QED) is 0.627. The van der Waals surface area contributed by atoms with Crippen LogP contribution >= 0.6 is 0 Å². The third-order valence-corrected chi connectivity index (χ3v) is 4.50. The lowest BCUT2D eigenvalue weighted by Gasteiger charge is -2.27. The normalized spacial score (nSPS) is 13.2. The first-order chi connectivity index (χ1) is 12.5. The largest absolute Gasteiger partial charge is 0.324 e. The van der Waals surface area contributed by atoms with Gasteiger partial charge in [0.15, 0.2) is 0 Å². The Bertz CT molecular complexity index is 939. The number of nitrogens with one attached hydrogen (secondary N) is 1. The van der Waals surface area contributed by atoms with Gasteiger partial charge in [0.2, 0.25) is 5.91 Å². The molecule has 1 N–H and O–H groups in total. The van der Waals surface area contributed by atoms with Crippen molar-refractivity contribution in [2.75, 3.05) is 5.32 Å². The molecule has 0 aliphatic heterocycles. The van der Waals surface area contributed by atoms with Crippen LogP contribution in [0.4, 0.5) is 10.1 Å². The Balaban J connectivity index is 1.84. The van der Waals surface area contributed by atoms with E-state index in [1.165, 1.54) is 12.3 Å². The lowest BCUT2D eigenvalue weighted by atomic mass is 9.79. The minimum absolute atomic E-state index is 0.112. The molecule has 26 heavy (non-hydrogen) atoms. The molecule has 0 fully saturated rings. The van der Waals surface area contributed by atoms with Crippen molar-refractivity contribution in [3.05, 3.63) is 84.8 Å². The summed E-state index contributed by atoms with van der Waals surface area (Å²) in [5, 5.41) is 3.58. The maximum Gasteiger partial charge on any atom is 0.231 e. The van der Waals surface area contributed by atoms with Crippen molar-refractivity contribution in [1.29, 1.82) is 0 Å². The van der Waals surface area contributed by atoms with E-state index >= 15 is 0 Å².